The standard InChI is InChI=1S/C22H35N5O2S.HI/c1-6-23-21(26-15-20-24-14-19(29-20)22(3,4)5)25-13-17(18-8-7-16(2)30-18)27-9-11-28-12-10-27;/h7-8,14,17H,6,9-13,15H2,1-5H3,(H2,23,25,26);1H. The Bertz CT molecular complexity index is 824. The monoisotopic (exact) mass is 561 g/mol. The molecule has 3 rings (SSSR count). The van der Waals surface area contributed by atoms with Crippen LogP contribution in [0.15, 0.2) is 27.7 Å². The largest absolute Gasteiger partial charge is 0.443 e. The van der Waals surface area contributed by atoms with Crippen LogP contribution in [0.2, 0.25) is 0 Å². The van der Waals surface area contributed by atoms with Gasteiger partial charge in [-0.05, 0) is 26.0 Å². The van der Waals surface area contributed by atoms with Crippen molar-refractivity contribution in [3.05, 3.63) is 39.7 Å². The van der Waals surface area contributed by atoms with Crippen LogP contribution in [0.5, 0.6) is 0 Å². The maximum atomic E-state index is 5.88. The summed E-state index contributed by atoms with van der Waals surface area (Å²) in [6.07, 6.45) is 1.80. The lowest BCUT2D eigenvalue weighted by Gasteiger charge is -2.34. The molecule has 1 atom stereocenters. The molecule has 0 saturated carbocycles. The molecule has 0 bridgehead atoms. The number of ether oxygens (including phenoxy) is 1. The summed E-state index contributed by atoms with van der Waals surface area (Å²) in [5, 5.41) is 6.86. The van der Waals surface area contributed by atoms with Crippen LogP contribution in [0.1, 0.15) is 55.1 Å². The summed E-state index contributed by atoms with van der Waals surface area (Å²) < 4.78 is 11.4. The van der Waals surface area contributed by atoms with E-state index in [2.05, 4.69) is 67.3 Å². The van der Waals surface area contributed by atoms with Crippen LogP contribution < -0.4 is 10.6 Å². The number of hydrogen-bond donors (Lipinski definition) is 2. The predicted octanol–water partition coefficient (Wildman–Crippen LogP) is 4.09. The highest BCUT2D eigenvalue weighted by Gasteiger charge is 2.24. The molecular weight excluding hydrogens is 525 g/mol. The number of nitrogens with one attached hydrogen (secondary N) is 2. The molecule has 1 saturated heterocycles. The van der Waals surface area contributed by atoms with E-state index in [4.69, 9.17) is 14.1 Å². The van der Waals surface area contributed by atoms with Gasteiger partial charge in [0.05, 0.1) is 25.5 Å². The second-order valence-corrected chi connectivity index (χ2v) is 9.88. The Labute approximate surface area is 207 Å². The number of rotatable bonds is 7. The molecule has 1 fully saturated rings. The van der Waals surface area contributed by atoms with Crippen LogP contribution >= 0.6 is 35.3 Å². The molecule has 1 unspecified atom stereocenters. The summed E-state index contributed by atoms with van der Waals surface area (Å²) in [5.74, 6) is 2.29. The van der Waals surface area contributed by atoms with Gasteiger partial charge in [0.1, 0.15) is 12.3 Å². The molecule has 3 heterocycles. The van der Waals surface area contributed by atoms with Gasteiger partial charge in [0.2, 0.25) is 5.89 Å². The second kappa shape index (κ2) is 12.2. The molecule has 0 spiro atoms. The summed E-state index contributed by atoms with van der Waals surface area (Å²) in [6, 6.07) is 4.74. The summed E-state index contributed by atoms with van der Waals surface area (Å²) >= 11 is 1.86. The van der Waals surface area contributed by atoms with E-state index in [1.165, 1.54) is 9.75 Å². The topological polar surface area (TPSA) is 74.9 Å². The van der Waals surface area contributed by atoms with Gasteiger partial charge in [0, 0.05) is 41.3 Å². The number of aryl methyl sites for hydroxylation is 1. The fourth-order valence-corrected chi connectivity index (χ4v) is 4.36. The quantitative estimate of drug-likeness (QED) is 0.302. The normalized spacial score (nSPS) is 16.6. The van der Waals surface area contributed by atoms with E-state index in [-0.39, 0.29) is 29.4 Å². The van der Waals surface area contributed by atoms with Crippen molar-refractivity contribution < 1.29 is 9.15 Å². The molecule has 0 radical (unpaired) electrons. The molecule has 31 heavy (non-hydrogen) atoms. The van der Waals surface area contributed by atoms with Gasteiger partial charge in [0.25, 0.3) is 0 Å². The lowest BCUT2D eigenvalue weighted by atomic mass is 9.94. The van der Waals surface area contributed by atoms with E-state index in [1.807, 2.05) is 11.3 Å². The van der Waals surface area contributed by atoms with Crippen molar-refractivity contribution in [3.8, 4) is 0 Å². The first-order chi connectivity index (χ1) is 14.4. The number of morpholine rings is 1. The molecule has 2 N–H and O–H groups in total. The highest BCUT2D eigenvalue weighted by Crippen LogP contribution is 2.28. The number of oxazole rings is 1. The molecule has 2 aromatic rings. The number of nitrogens with zero attached hydrogens (tertiary/aromatic N) is 3. The zero-order chi connectivity index (χ0) is 21.6. The SMILES string of the molecule is CCNC(=NCc1ncc(C(C)(C)C)o1)NCC(c1ccc(C)s1)N1CCOCC1.I. The lowest BCUT2D eigenvalue weighted by molar-refractivity contribution is 0.0177. The summed E-state index contributed by atoms with van der Waals surface area (Å²) in [5.41, 5.74) is -0.0536. The summed E-state index contributed by atoms with van der Waals surface area (Å²) in [4.78, 5) is 14.3. The molecule has 7 nitrogen and oxygen atoms in total. The van der Waals surface area contributed by atoms with E-state index >= 15 is 0 Å². The first-order valence-corrected chi connectivity index (χ1v) is 11.5. The maximum absolute atomic E-state index is 5.88. The Morgan fingerprint density at radius 3 is 2.58 bits per heavy atom. The van der Waals surface area contributed by atoms with Gasteiger partial charge >= 0.3 is 0 Å². The van der Waals surface area contributed by atoms with Crippen LogP contribution in [-0.4, -0.2) is 55.2 Å². The second-order valence-electron chi connectivity index (χ2n) is 8.56. The fourth-order valence-electron chi connectivity index (χ4n) is 3.34. The number of hydrogen-bond acceptors (Lipinski definition) is 6. The van der Waals surface area contributed by atoms with Crippen LogP contribution in [0.4, 0.5) is 0 Å². The Kier molecular flexibility index (Phi) is 10.2. The van der Waals surface area contributed by atoms with Gasteiger partial charge in [-0.15, -0.1) is 35.3 Å². The number of halogens is 1. The van der Waals surface area contributed by atoms with Crippen molar-refractivity contribution in [2.75, 3.05) is 39.4 Å². The molecular formula is C22H36IN5O2S. The van der Waals surface area contributed by atoms with Crippen molar-refractivity contribution in [1.29, 1.82) is 0 Å². The Balaban J connectivity index is 0.00000341. The molecule has 1 aliphatic rings. The zero-order valence-electron chi connectivity index (χ0n) is 19.2. The Hall–Kier alpha value is -1.17. The Morgan fingerprint density at radius 2 is 2.00 bits per heavy atom. The van der Waals surface area contributed by atoms with Gasteiger partial charge in [-0.2, -0.15) is 0 Å². The third-order valence-electron chi connectivity index (χ3n) is 5.05. The lowest BCUT2D eigenvalue weighted by Crippen LogP contribution is -2.46. The number of thiophene rings is 1. The van der Waals surface area contributed by atoms with Gasteiger partial charge in [-0.3, -0.25) is 4.90 Å². The molecule has 0 aliphatic carbocycles. The summed E-state index contributed by atoms with van der Waals surface area (Å²) in [7, 11) is 0. The number of aliphatic imine (C=N–C) groups is 1. The smallest absolute Gasteiger partial charge is 0.216 e. The number of guanidine groups is 1. The molecule has 9 heteroatoms. The molecule has 1 aliphatic heterocycles. The minimum absolute atomic E-state index is 0. The fraction of sp³-hybridized carbons (Fsp3) is 0.636. The third-order valence-corrected chi connectivity index (χ3v) is 6.15. The van der Waals surface area contributed by atoms with Crippen LogP contribution in [0.25, 0.3) is 0 Å². The van der Waals surface area contributed by atoms with Crippen molar-refractivity contribution in [1.82, 2.24) is 20.5 Å². The van der Waals surface area contributed by atoms with E-state index in [0.717, 1.165) is 51.1 Å². The van der Waals surface area contributed by atoms with Gasteiger partial charge in [-0.1, -0.05) is 20.8 Å². The van der Waals surface area contributed by atoms with E-state index < -0.39 is 0 Å². The average Bonchev–Trinajstić information content (AvgIpc) is 3.36. The van der Waals surface area contributed by atoms with Gasteiger partial charge in [0.15, 0.2) is 5.96 Å². The highest BCUT2D eigenvalue weighted by atomic mass is 127. The minimum atomic E-state index is -0.0536. The van der Waals surface area contributed by atoms with Crippen LogP contribution in [-0.2, 0) is 16.7 Å². The maximum Gasteiger partial charge on any atom is 0.216 e. The van der Waals surface area contributed by atoms with Crippen LogP contribution in [0, 0.1) is 6.92 Å². The summed E-state index contributed by atoms with van der Waals surface area (Å²) in [6.45, 7) is 16.0. The van der Waals surface area contributed by atoms with E-state index in [0.29, 0.717) is 18.5 Å². The number of aromatic nitrogens is 1. The van der Waals surface area contributed by atoms with Gasteiger partial charge in [-0.25, -0.2) is 9.98 Å². The highest BCUT2D eigenvalue weighted by molar-refractivity contribution is 14.0. The van der Waals surface area contributed by atoms with Gasteiger partial charge < -0.3 is 19.8 Å². The van der Waals surface area contributed by atoms with Crippen molar-refractivity contribution in [2.24, 2.45) is 4.99 Å². The first kappa shape index (κ1) is 26.1. The average molecular weight is 562 g/mol. The van der Waals surface area contributed by atoms with Crippen molar-refractivity contribution in [3.63, 3.8) is 0 Å². The molecule has 0 aromatic carbocycles. The molecule has 2 aromatic heterocycles. The third kappa shape index (κ3) is 7.73. The molecule has 174 valence electrons. The van der Waals surface area contributed by atoms with E-state index in [9.17, 15) is 0 Å². The Morgan fingerprint density at radius 1 is 1.26 bits per heavy atom. The van der Waals surface area contributed by atoms with Crippen LogP contribution in [0.3, 0.4) is 0 Å². The minimum Gasteiger partial charge on any atom is -0.443 e. The predicted molar refractivity (Wildman–Crippen MR) is 138 cm³/mol. The van der Waals surface area contributed by atoms with Crippen molar-refractivity contribution >= 4 is 41.3 Å². The zero-order valence-corrected chi connectivity index (χ0v) is 22.4. The van der Waals surface area contributed by atoms with Crippen molar-refractivity contribution in [2.45, 2.75) is 52.6 Å². The van der Waals surface area contributed by atoms with E-state index in [1.54, 1.807) is 6.20 Å². The first-order valence-electron chi connectivity index (χ1n) is 10.7. The molecule has 0 amide bonds.